The smallest absolute Gasteiger partial charge is 0.303 e. The molecule has 1 aromatic heterocycles. The van der Waals surface area contributed by atoms with Crippen molar-refractivity contribution in [2.45, 2.75) is 19.8 Å². The molecule has 0 saturated carbocycles. The van der Waals surface area contributed by atoms with Crippen LogP contribution in [0, 0.1) is 6.92 Å². The van der Waals surface area contributed by atoms with E-state index >= 15 is 0 Å². The quantitative estimate of drug-likeness (QED) is 0.650. The van der Waals surface area contributed by atoms with Gasteiger partial charge in [-0.25, -0.2) is 4.98 Å². The maximum absolute atomic E-state index is 10.1. The molecule has 0 aromatic carbocycles. The summed E-state index contributed by atoms with van der Waals surface area (Å²) in [5.41, 5.74) is 0. The Bertz CT molecular complexity index is 256. The van der Waals surface area contributed by atoms with E-state index in [1.54, 1.807) is 6.92 Å². The number of carboxylic acids is 1. The Morgan fingerprint density at radius 1 is 1.73 bits per heavy atom. The summed E-state index contributed by atoms with van der Waals surface area (Å²) in [6, 6.07) is 0. The fourth-order valence-electron chi connectivity index (χ4n) is 0.720. The minimum atomic E-state index is -0.826. The second-order valence-corrected chi connectivity index (χ2v) is 2.23. The Morgan fingerprint density at radius 3 is 2.91 bits per heavy atom. The van der Waals surface area contributed by atoms with Crippen LogP contribution in [-0.4, -0.2) is 26.3 Å². The predicted octanol–water partition coefficient (Wildman–Crippen LogP) is 0.130. The van der Waals surface area contributed by atoms with Gasteiger partial charge in [-0.3, -0.25) is 9.89 Å². The van der Waals surface area contributed by atoms with E-state index in [0.717, 1.165) is 0 Å². The average molecular weight is 155 g/mol. The number of aromatic amines is 1. The van der Waals surface area contributed by atoms with E-state index in [0.29, 0.717) is 18.1 Å². The lowest BCUT2D eigenvalue weighted by molar-refractivity contribution is -0.137. The van der Waals surface area contributed by atoms with E-state index < -0.39 is 5.97 Å². The molecule has 0 aliphatic carbocycles. The Labute approximate surface area is 63.5 Å². The summed E-state index contributed by atoms with van der Waals surface area (Å²) < 4.78 is 0. The third-order valence-corrected chi connectivity index (χ3v) is 1.21. The van der Waals surface area contributed by atoms with Crippen LogP contribution in [0.5, 0.6) is 0 Å². The minimum Gasteiger partial charge on any atom is -0.481 e. The Hall–Kier alpha value is -1.39. The molecule has 0 spiro atoms. The molecule has 0 radical (unpaired) electrons. The molecule has 1 heterocycles. The summed E-state index contributed by atoms with van der Waals surface area (Å²) in [5, 5.41) is 14.7. The Morgan fingerprint density at radius 2 is 2.45 bits per heavy atom. The van der Waals surface area contributed by atoms with Crippen LogP contribution < -0.4 is 0 Å². The molecule has 11 heavy (non-hydrogen) atoms. The lowest BCUT2D eigenvalue weighted by Gasteiger charge is -1.87. The first kappa shape index (κ1) is 7.71. The van der Waals surface area contributed by atoms with Crippen molar-refractivity contribution in [1.82, 2.24) is 15.2 Å². The summed E-state index contributed by atoms with van der Waals surface area (Å²) in [6.07, 6.45) is 0.469. The average Bonchev–Trinajstić information content (AvgIpc) is 2.31. The van der Waals surface area contributed by atoms with Gasteiger partial charge in [-0.05, 0) is 6.92 Å². The molecule has 0 fully saturated rings. The fraction of sp³-hybridized carbons (Fsp3) is 0.500. The predicted molar refractivity (Wildman–Crippen MR) is 37.1 cm³/mol. The summed E-state index contributed by atoms with van der Waals surface area (Å²) in [4.78, 5) is 14.1. The summed E-state index contributed by atoms with van der Waals surface area (Å²) in [5.74, 6) is 0.447. The van der Waals surface area contributed by atoms with Gasteiger partial charge in [-0.2, -0.15) is 5.10 Å². The first-order valence-corrected chi connectivity index (χ1v) is 3.28. The first-order chi connectivity index (χ1) is 5.18. The largest absolute Gasteiger partial charge is 0.481 e. The van der Waals surface area contributed by atoms with Crippen LogP contribution >= 0.6 is 0 Å². The highest BCUT2D eigenvalue weighted by Crippen LogP contribution is 1.95. The van der Waals surface area contributed by atoms with Gasteiger partial charge in [0, 0.05) is 6.42 Å². The van der Waals surface area contributed by atoms with Crippen molar-refractivity contribution < 1.29 is 9.90 Å². The van der Waals surface area contributed by atoms with Crippen LogP contribution in [0.25, 0.3) is 0 Å². The summed E-state index contributed by atoms with van der Waals surface area (Å²) in [6.45, 7) is 1.78. The highest BCUT2D eigenvalue weighted by molar-refractivity contribution is 5.66. The summed E-state index contributed by atoms with van der Waals surface area (Å²) in [7, 11) is 0. The SMILES string of the molecule is Cc1nc(CCC(=O)O)n[nH]1. The standard InChI is InChI=1S/C6H9N3O2/c1-4-7-5(9-8-4)2-3-6(10)11/h2-3H2,1H3,(H,10,11)(H,7,8,9). The lowest BCUT2D eigenvalue weighted by Crippen LogP contribution is -1.98. The fourth-order valence-corrected chi connectivity index (χ4v) is 0.720. The lowest BCUT2D eigenvalue weighted by atomic mass is 10.3. The number of hydrogen-bond acceptors (Lipinski definition) is 3. The number of nitrogens with zero attached hydrogens (tertiary/aromatic N) is 2. The van der Waals surface area contributed by atoms with Crippen LogP contribution in [0.3, 0.4) is 0 Å². The Balaban J connectivity index is 2.45. The van der Waals surface area contributed by atoms with Crippen molar-refractivity contribution >= 4 is 5.97 Å². The molecule has 1 rings (SSSR count). The van der Waals surface area contributed by atoms with Crippen LogP contribution in [0.1, 0.15) is 18.1 Å². The molecule has 60 valence electrons. The second kappa shape index (κ2) is 3.14. The number of aliphatic carboxylic acids is 1. The van der Waals surface area contributed by atoms with Gasteiger partial charge in [0.25, 0.3) is 0 Å². The van der Waals surface area contributed by atoms with Crippen LogP contribution in [-0.2, 0) is 11.2 Å². The van der Waals surface area contributed by atoms with Crippen molar-refractivity contribution in [3.05, 3.63) is 11.6 Å². The number of aryl methyl sites for hydroxylation is 2. The number of rotatable bonds is 3. The number of carboxylic acid groups (broad SMARTS) is 1. The number of carbonyl (C=O) groups is 1. The maximum Gasteiger partial charge on any atom is 0.303 e. The van der Waals surface area contributed by atoms with Gasteiger partial charge < -0.3 is 5.11 Å². The van der Waals surface area contributed by atoms with E-state index in [9.17, 15) is 4.79 Å². The van der Waals surface area contributed by atoms with Crippen molar-refractivity contribution in [3.63, 3.8) is 0 Å². The molecular formula is C6H9N3O2. The monoisotopic (exact) mass is 155 g/mol. The molecule has 5 heteroatoms. The third kappa shape index (κ3) is 2.37. The Kier molecular flexibility index (Phi) is 2.20. The summed E-state index contributed by atoms with van der Waals surface area (Å²) >= 11 is 0. The van der Waals surface area contributed by atoms with Crippen molar-refractivity contribution in [1.29, 1.82) is 0 Å². The van der Waals surface area contributed by atoms with Gasteiger partial charge in [0.2, 0.25) is 0 Å². The van der Waals surface area contributed by atoms with Gasteiger partial charge in [0.15, 0.2) is 5.82 Å². The van der Waals surface area contributed by atoms with Crippen LogP contribution in [0.2, 0.25) is 0 Å². The van der Waals surface area contributed by atoms with Crippen LogP contribution in [0.15, 0.2) is 0 Å². The highest BCUT2D eigenvalue weighted by Gasteiger charge is 2.02. The van der Waals surface area contributed by atoms with Gasteiger partial charge >= 0.3 is 5.97 Å². The topological polar surface area (TPSA) is 78.9 Å². The molecule has 0 atom stereocenters. The molecule has 2 N–H and O–H groups in total. The van der Waals surface area contributed by atoms with Crippen molar-refractivity contribution in [2.24, 2.45) is 0 Å². The molecule has 0 aliphatic heterocycles. The molecular weight excluding hydrogens is 146 g/mol. The molecule has 0 amide bonds. The zero-order valence-corrected chi connectivity index (χ0v) is 6.16. The maximum atomic E-state index is 10.1. The molecule has 1 aromatic rings. The van der Waals surface area contributed by atoms with Gasteiger partial charge in [-0.15, -0.1) is 0 Å². The highest BCUT2D eigenvalue weighted by atomic mass is 16.4. The molecule has 0 aliphatic rings. The minimum absolute atomic E-state index is 0.0806. The van der Waals surface area contributed by atoms with E-state index in [4.69, 9.17) is 5.11 Å². The third-order valence-electron chi connectivity index (χ3n) is 1.21. The molecule has 5 nitrogen and oxygen atoms in total. The van der Waals surface area contributed by atoms with Gasteiger partial charge in [-0.1, -0.05) is 0 Å². The second-order valence-electron chi connectivity index (χ2n) is 2.23. The number of H-pyrrole nitrogens is 1. The first-order valence-electron chi connectivity index (χ1n) is 3.28. The van der Waals surface area contributed by atoms with E-state index in [1.165, 1.54) is 0 Å². The molecule has 0 bridgehead atoms. The van der Waals surface area contributed by atoms with Gasteiger partial charge in [0.1, 0.15) is 5.82 Å². The normalized spacial score (nSPS) is 9.91. The number of hydrogen-bond donors (Lipinski definition) is 2. The number of nitrogens with one attached hydrogen (secondary N) is 1. The number of aromatic nitrogens is 3. The molecule has 0 saturated heterocycles. The van der Waals surface area contributed by atoms with E-state index in [-0.39, 0.29) is 6.42 Å². The van der Waals surface area contributed by atoms with Crippen molar-refractivity contribution in [3.8, 4) is 0 Å². The van der Waals surface area contributed by atoms with Gasteiger partial charge in [0.05, 0.1) is 6.42 Å². The zero-order chi connectivity index (χ0) is 8.27. The molecule has 0 unspecified atom stereocenters. The van der Waals surface area contributed by atoms with E-state index in [1.807, 2.05) is 0 Å². The van der Waals surface area contributed by atoms with Crippen molar-refractivity contribution in [2.75, 3.05) is 0 Å². The zero-order valence-electron chi connectivity index (χ0n) is 6.16. The van der Waals surface area contributed by atoms with E-state index in [2.05, 4.69) is 15.2 Å². The van der Waals surface area contributed by atoms with Crippen LogP contribution in [0.4, 0.5) is 0 Å².